The van der Waals surface area contributed by atoms with Gasteiger partial charge in [0, 0.05) is 24.2 Å². The highest BCUT2D eigenvalue weighted by Gasteiger charge is 2.24. The zero-order valence-electron chi connectivity index (χ0n) is 19.2. The van der Waals surface area contributed by atoms with Crippen LogP contribution in [0, 0.1) is 0 Å². The van der Waals surface area contributed by atoms with Gasteiger partial charge in [-0.15, -0.1) is 5.10 Å². The molecule has 0 bridgehead atoms. The van der Waals surface area contributed by atoms with Crippen LogP contribution in [0.5, 0.6) is 11.5 Å². The Bertz CT molecular complexity index is 1490. The lowest BCUT2D eigenvalue weighted by Gasteiger charge is -2.20. The number of carbonyl (C=O) groups is 1. The Kier molecular flexibility index (Phi) is 6.40. The Morgan fingerprint density at radius 3 is 2.47 bits per heavy atom. The van der Waals surface area contributed by atoms with E-state index in [1.165, 1.54) is 28.6 Å². The fourth-order valence-electron chi connectivity index (χ4n) is 3.67. The summed E-state index contributed by atoms with van der Waals surface area (Å²) < 4.78 is 43.8. The molecular formula is C25H22N4O6S. The van der Waals surface area contributed by atoms with Gasteiger partial charge < -0.3 is 13.9 Å². The van der Waals surface area contributed by atoms with E-state index in [0.717, 1.165) is 5.56 Å². The highest BCUT2D eigenvalue weighted by atomic mass is 32.2. The number of hydrogen-bond donors (Lipinski definition) is 1. The maximum atomic E-state index is 13.1. The molecule has 36 heavy (non-hydrogen) atoms. The molecule has 1 amide bonds. The summed E-state index contributed by atoms with van der Waals surface area (Å²) in [6.07, 6.45) is 0. The lowest BCUT2D eigenvalue weighted by atomic mass is 10.2. The van der Waals surface area contributed by atoms with Crippen LogP contribution in [0.4, 0.5) is 6.01 Å². The number of aromatic nitrogens is 2. The van der Waals surface area contributed by atoms with Gasteiger partial charge in [0.05, 0.1) is 4.90 Å². The van der Waals surface area contributed by atoms with E-state index in [9.17, 15) is 13.2 Å². The lowest BCUT2D eigenvalue weighted by molar-refractivity contribution is 0.102. The number of nitrogens with zero attached hydrogens (tertiary/aromatic N) is 3. The first-order valence-corrected chi connectivity index (χ1v) is 12.6. The van der Waals surface area contributed by atoms with Crippen molar-refractivity contribution in [3.05, 3.63) is 83.9 Å². The molecule has 0 spiro atoms. The average Bonchev–Trinajstić information content (AvgIpc) is 3.57. The van der Waals surface area contributed by atoms with Gasteiger partial charge in [0.15, 0.2) is 11.5 Å². The van der Waals surface area contributed by atoms with Crippen LogP contribution in [0.2, 0.25) is 0 Å². The Labute approximate surface area is 207 Å². The molecule has 5 rings (SSSR count). The van der Waals surface area contributed by atoms with Crippen molar-refractivity contribution in [1.82, 2.24) is 14.5 Å². The van der Waals surface area contributed by atoms with Crippen LogP contribution in [0.25, 0.3) is 11.5 Å². The van der Waals surface area contributed by atoms with Crippen molar-refractivity contribution in [2.45, 2.75) is 18.4 Å². The Balaban J connectivity index is 1.27. The minimum atomic E-state index is -3.74. The van der Waals surface area contributed by atoms with Crippen LogP contribution in [-0.2, 0) is 16.6 Å². The second-order valence-corrected chi connectivity index (χ2v) is 9.81. The zero-order chi connectivity index (χ0) is 25.1. The number of rotatable bonds is 8. The summed E-state index contributed by atoms with van der Waals surface area (Å²) >= 11 is 0. The highest BCUT2D eigenvalue weighted by molar-refractivity contribution is 7.89. The summed E-state index contributed by atoms with van der Waals surface area (Å²) in [6, 6.07) is 20.1. The summed E-state index contributed by atoms with van der Waals surface area (Å²) in [4.78, 5) is 12.8. The van der Waals surface area contributed by atoms with Crippen LogP contribution < -0.4 is 14.8 Å². The van der Waals surface area contributed by atoms with E-state index in [1.54, 1.807) is 25.1 Å². The first-order chi connectivity index (χ1) is 17.4. The number of benzene rings is 3. The van der Waals surface area contributed by atoms with Gasteiger partial charge in [0.1, 0.15) is 0 Å². The second kappa shape index (κ2) is 9.80. The molecule has 1 N–H and O–H groups in total. The fraction of sp³-hybridized carbons (Fsp3) is 0.160. The number of sulfonamides is 1. The molecule has 4 aromatic rings. The molecule has 10 nitrogen and oxygen atoms in total. The van der Waals surface area contributed by atoms with Gasteiger partial charge in [-0.3, -0.25) is 10.1 Å². The molecule has 0 saturated heterocycles. The molecular weight excluding hydrogens is 484 g/mol. The maximum absolute atomic E-state index is 13.1. The standard InChI is InChI=1S/C25H22N4O6S/c1-2-29(15-17-6-4-3-5-7-17)36(31,32)20-11-8-18(9-12-20)23(30)26-25-28-27-24(35-25)19-10-13-21-22(14-19)34-16-33-21/h3-14H,2,15-16H2,1H3,(H,26,28,30). The van der Waals surface area contributed by atoms with E-state index in [2.05, 4.69) is 15.5 Å². The predicted octanol–water partition coefficient (Wildman–Crippen LogP) is 3.93. The van der Waals surface area contributed by atoms with Crippen LogP contribution in [-0.4, -0.2) is 42.2 Å². The summed E-state index contributed by atoms with van der Waals surface area (Å²) in [5.41, 5.74) is 1.74. The summed E-state index contributed by atoms with van der Waals surface area (Å²) in [7, 11) is -3.74. The van der Waals surface area contributed by atoms with Crippen molar-refractivity contribution in [2.75, 3.05) is 18.7 Å². The van der Waals surface area contributed by atoms with Crippen LogP contribution >= 0.6 is 0 Å². The average molecular weight is 507 g/mol. The summed E-state index contributed by atoms with van der Waals surface area (Å²) in [5.74, 6) is 0.871. The largest absolute Gasteiger partial charge is 0.454 e. The normalized spacial score (nSPS) is 12.6. The molecule has 1 aliphatic heterocycles. The minimum absolute atomic E-state index is 0.0932. The van der Waals surface area contributed by atoms with Crippen LogP contribution in [0.1, 0.15) is 22.8 Å². The molecule has 3 aromatic carbocycles. The molecule has 1 aromatic heterocycles. The molecule has 184 valence electrons. The molecule has 0 saturated carbocycles. The van der Waals surface area contributed by atoms with Crippen molar-refractivity contribution in [3.63, 3.8) is 0 Å². The molecule has 1 aliphatic rings. The van der Waals surface area contributed by atoms with Crippen LogP contribution in [0.15, 0.2) is 82.1 Å². The molecule has 2 heterocycles. The van der Waals surface area contributed by atoms with Gasteiger partial charge in [-0.05, 0) is 48.0 Å². The Hall–Kier alpha value is -4.22. The van der Waals surface area contributed by atoms with Crippen molar-refractivity contribution >= 4 is 21.9 Å². The first-order valence-electron chi connectivity index (χ1n) is 11.1. The second-order valence-electron chi connectivity index (χ2n) is 7.88. The molecule has 0 atom stereocenters. The monoisotopic (exact) mass is 506 g/mol. The Morgan fingerprint density at radius 1 is 0.972 bits per heavy atom. The third kappa shape index (κ3) is 4.79. The van der Waals surface area contributed by atoms with Gasteiger partial charge in [0.25, 0.3) is 5.91 Å². The molecule has 11 heteroatoms. The molecule has 0 radical (unpaired) electrons. The van der Waals surface area contributed by atoms with E-state index >= 15 is 0 Å². The number of anilines is 1. The molecule has 0 aliphatic carbocycles. The highest BCUT2D eigenvalue weighted by Crippen LogP contribution is 2.35. The lowest BCUT2D eigenvalue weighted by Crippen LogP contribution is -2.30. The van der Waals surface area contributed by atoms with Crippen LogP contribution in [0.3, 0.4) is 0 Å². The third-order valence-electron chi connectivity index (χ3n) is 5.57. The van der Waals surface area contributed by atoms with E-state index in [0.29, 0.717) is 23.6 Å². The number of carbonyl (C=O) groups excluding carboxylic acids is 1. The Morgan fingerprint density at radius 2 is 1.72 bits per heavy atom. The van der Waals surface area contributed by atoms with Gasteiger partial charge in [0.2, 0.25) is 22.7 Å². The summed E-state index contributed by atoms with van der Waals surface area (Å²) in [5, 5.41) is 10.3. The van der Waals surface area contributed by atoms with Gasteiger partial charge >= 0.3 is 6.01 Å². The van der Waals surface area contributed by atoms with E-state index in [1.807, 2.05) is 30.3 Å². The smallest absolute Gasteiger partial charge is 0.322 e. The summed E-state index contributed by atoms with van der Waals surface area (Å²) in [6.45, 7) is 2.49. The van der Waals surface area contributed by atoms with Gasteiger partial charge in [-0.1, -0.05) is 42.4 Å². The number of nitrogens with one attached hydrogen (secondary N) is 1. The van der Waals surface area contributed by atoms with Crippen molar-refractivity contribution in [1.29, 1.82) is 0 Å². The van der Waals surface area contributed by atoms with E-state index < -0.39 is 15.9 Å². The van der Waals surface area contributed by atoms with Gasteiger partial charge in [-0.2, -0.15) is 4.31 Å². The topological polar surface area (TPSA) is 124 Å². The molecule has 0 unspecified atom stereocenters. The number of amides is 1. The van der Waals surface area contributed by atoms with E-state index in [-0.39, 0.29) is 35.7 Å². The SMILES string of the molecule is CCN(Cc1ccccc1)S(=O)(=O)c1ccc(C(=O)Nc2nnc(-c3ccc4c(c3)OCO4)o2)cc1. The predicted molar refractivity (Wildman–Crippen MR) is 130 cm³/mol. The van der Waals surface area contributed by atoms with Crippen molar-refractivity contribution < 1.29 is 27.1 Å². The number of hydrogen-bond acceptors (Lipinski definition) is 8. The number of fused-ring (bicyclic) bond motifs is 1. The van der Waals surface area contributed by atoms with Crippen molar-refractivity contribution in [2.24, 2.45) is 0 Å². The van der Waals surface area contributed by atoms with Gasteiger partial charge in [-0.25, -0.2) is 8.42 Å². The van der Waals surface area contributed by atoms with E-state index in [4.69, 9.17) is 13.9 Å². The first kappa shape index (κ1) is 23.5. The zero-order valence-corrected chi connectivity index (χ0v) is 20.1. The third-order valence-corrected chi connectivity index (χ3v) is 7.51. The fourth-order valence-corrected chi connectivity index (χ4v) is 5.11. The maximum Gasteiger partial charge on any atom is 0.322 e. The number of ether oxygens (including phenoxy) is 2. The molecule has 0 fully saturated rings. The quantitative estimate of drug-likeness (QED) is 0.381. The van der Waals surface area contributed by atoms with Crippen molar-refractivity contribution in [3.8, 4) is 23.0 Å². The minimum Gasteiger partial charge on any atom is -0.454 e.